The van der Waals surface area contributed by atoms with Gasteiger partial charge in [0, 0.05) is 24.8 Å². The lowest BCUT2D eigenvalue weighted by Crippen LogP contribution is -2.63. The van der Waals surface area contributed by atoms with Crippen LogP contribution in [0.25, 0.3) is 0 Å². The van der Waals surface area contributed by atoms with Gasteiger partial charge in [-0.3, -0.25) is 4.79 Å². The van der Waals surface area contributed by atoms with Crippen molar-refractivity contribution in [3.8, 4) is 0 Å². The fraction of sp³-hybridized carbons (Fsp3) is 0.567. The molecule has 5 rings (SSSR count). The summed E-state index contributed by atoms with van der Waals surface area (Å²) in [5, 5.41) is 14.1. The summed E-state index contributed by atoms with van der Waals surface area (Å²) in [4.78, 5) is 13.0. The van der Waals surface area contributed by atoms with Crippen LogP contribution in [-0.4, -0.2) is 36.1 Å². The number of hydrogen-bond acceptors (Lipinski definition) is 4. The minimum absolute atomic E-state index is 0.0196. The third kappa shape index (κ3) is 4.91. The Morgan fingerprint density at radius 1 is 0.971 bits per heavy atom. The molecule has 188 valence electrons. The number of benzene rings is 2. The van der Waals surface area contributed by atoms with Gasteiger partial charge in [0.05, 0.1) is 18.8 Å². The monoisotopic (exact) mass is 477 g/mol. The molecule has 0 bridgehead atoms. The number of aliphatic hydroxyl groups excluding tert-OH is 1. The largest absolute Gasteiger partial charge is 0.393 e. The van der Waals surface area contributed by atoms with Crippen molar-refractivity contribution in [3.05, 3.63) is 71.8 Å². The molecule has 2 aromatic rings. The average Bonchev–Trinajstić information content (AvgIpc) is 2.86. The van der Waals surface area contributed by atoms with Gasteiger partial charge in [0.1, 0.15) is 0 Å². The van der Waals surface area contributed by atoms with Crippen molar-refractivity contribution in [1.82, 2.24) is 5.32 Å². The van der Waals surface area contributed by atoms with Crippen LogP contribution in [0.4, 0.5) is 0 Å². The van der Waals surface area contributed by atoms with E-state index in [1.54, 1.807) is 0 Å². The van der Waals surface area contributed by atoms with E-state index in [1.807, 2.05) is 36.4 Å². The number of carbonyl (C=O) groups excluding carboxylic acids is 1. The molecule has 35 heavy (non-hydrogen) atoms. The third-order valence-corrected chi connectivity index (χ3v) is 9.21. The fourth-order valence-electron chi connectivity index (χ4n) is 7.27. The van der Waals surface area contributed by atoms with Gasteiger partial charge in [-0.1, -0.05) is 74.5 Å². The Kier molecular flexibility index (Phi) is 7.02. The van der Waals surface area contributed by atoms with Crippen molar-refractivity contribution in [2.24, 2.45) is 22.7 Å². The normalized spacial score (nSPS) is 36.6. The average molecular weight is 478 g/mol. The second-order valence-electron chi connectivity index (χ2n) is 11.4. The molecule has 0 unspecified atom stereocenters. The highest BCUT2D eigenvalue weighted by Crippen LogP contribution is 2.62. The first kappa shape index (κ1) is 24.5. The van der Waals surface area contributed by atoms with Crippen molar-refractivity contribution >= 4 is 5.91 Å². The summed E-state index contributed by atoms with van der Waals surface area (Å²) >= 11 is 0. The predicted molar refractivity (Wildman–Crippen MR) is 135 cm³/mol. The molecule has 2 saturated carbocycles. The van der Waals surface area contributed by atoms with E-state index < -0.39 is 6.10 Å². The quantitative estimate of drug-likeness (QED) is 0.623. The van der Waals surface area contributed by atoms with Gasteiger partial charge in [-0.15, -0.1) is 0 Å². The number of ether oxygens (including phenoxy) is 2. The van der Waals surface area contributed by atoms with E-state index in [9.17, 15) is 9.90 Å². The zero-order chi connectivity index (χ0) is 24.5. The SMILES string of the molecule is C[C@@]12CO[C@@H](Cc3ccccc3)O[C@H]1CC[C@]1(C)[C@H]2CC[C@@H](O)[C@H]1CC(=O)NCc1ccccc1. The maximum atomic E-state index is 13.0. The highest BCUT2D eigenvalue weighted by Gasteiger charge is 2.61. The summed E-state index contributed by atoms with van der Waals surface area (Å²) in [6, 6.07) is 20.3. The van der Waals surface area contributed by atoms with Crippen LogP contribution in [0.1, 0.15) is 57.1 Å². The van der Waals surface area contributed by atoms with Gasteiger partial charge in [-0.05, 0) is 54.1 Å². The van der Waals surface area contributed by atoms with Gasteiger partial charge in [-0.25, -0.2) is 0 Å². The van der Waals surface area contributed by atoms with Crippen LogP contribution >= 0.6 is 0 Å². The van der Waals surface area contributed by atoms with E-state index in [0.717, 1.165) is 37.7 Å². The summed E-state index contributed by atoms with van der Waals surface area (Å²) in [5.74, 6) is 0.310. The van der Waals surface area contributed by atoms with Gasteiger partial charge in [-0.2, -0.15) is 0 Å². The molecule has 3 fully saturated rings. The lowest BCUT2D eigenvalue weighted by Gasteiger charge is -2.63. The number of amides is 1. The van der Waals surface area contributed by atoms with Gasteiger partial charge >= 0.3 is 0 Å². The second kappa shape index (κ2) is 10.0. The van der Waals surface area contributed by atoms with E-state index in [4.69, 9.17) is 9.47 Å². The Hall–Kier alpha value is -2.21. The maximum Gasteiger partial charge on any atom is 0.220 e. The molecule has 2 aromatic carbocycles. The zero-order valence-electron chi connectivity index (χ0n) is 21.0. The molecule has 2 aliphatic carbocycles. The molecule has 0 radical (unpaired) electrons. The summed E-state index contributed by atoms with van der Waals surface area (Å²) < 4.78 is 12.9. The highest BCUT2D eigenvalue weighted by atomic mass is 16.7. The Bertz CT molecular complexity index is 998. The molecular formula is C30H39NO4. The standard InChI is InChI=1S/C30H39NO4/c1-29-16-15-26-30(2,20-34-28(35-26)17-21-9-5-3-6-10-21)25(29)14-13-24(32)23(29)18-27(33)31-19-22-11-7-4-8-12-22/h3-12,23-26,28,32H,13-20H2,1-2H3,(H,31,33)/t23-,24-,25-,26+,28-,29+,30+/m1/s1. The molecule has 5 nitrogen and oxygen atoms in total. The minimum atomic E-state index is -0.449. The molecule has 7 atom stereocenters. The van der Waals surface area contributed by atoms with Crippen molar-refractivity contribution < 1.29 is 19.4 Å². The number of rotatable bonds is 6. The molecule has 2 N–H and O–H groups in total. The molecule has 1 amide bonds. The maximum absolute atomic E-state index is 13.0. The van der Waals surface area contributed by atoms with Crippen LogP contribution in [0.2, 0.25) is 0 Å². The third-order valence-electron chi connectivity index (χ3n) is 9.21. The summed E-state index contributed by atoms with van der Waals surface area (Å²) in [6.45, 7) is 5.79. The van der Waals surface area contributed by atoms with E-state index in [-0.39, 0.29) is 35.0 Å². The Morgan fingerprint density at radius 2 is 1.66 bits per heavy atom. The van der Waals surface area contributed by atoms with Gasteiger partial charge in [0.15, 0.2) is 6.29 Å². The molecular weight excluding hydrogens is 438 g/mol. The molecule has 1 aliphatic heterocycles. The number of fused-ring (bicyclic) bond motifs is 3. The molecule has 0 spiro atoms. The van der Waals surface area contributed by atoms with E-state index in [1.165, 1.54) is 5.56 Å². The van der Waals surface area contributed by atoms with Crippen molar-refractivity contribution in [2.45, 2.75) is 77.4 Å². The summed E-state index contributed by atoms with van der Waals surface area (Å²) in [5.41, 5.74) is 2.08. The second-order valence-corrected chi connectivity index (χ2v) is 11.4. The first-order valence-electron chi connectivity index (χ1n) is 13.2. The van der Waals surface area contributed by atoms with Gasteiger partial charge < -0.3 is 19.9 Å². The lowest BCUT2D eigenvalue weighted by molar-refractivity contribution is -0.308. The number of aliphatic hydroxyl groups is 1. The molecule has 1 saturated heterocycles. The Morgan fingerprint density at radius 3 is 2.37 bits per heavy atom. The highest BCUT2D eigenvalue weighted by molar-refractivity contribution is 5.76. The number of carbonyl (C=O) groups is 1. The van der Waals surface area contributed by atoms with Crippen LogP contribution in [0.15, 0.2) is 60.7 Å². The smallest absolute Gasteiger partial charge is 0.220 e. The van der Waals surface area contributed by atoms with Crippen molar-refractivity contribution in [1.29, 1.82) is 0 Å². The minimum Gasteiger partial charge on any atom is -0.393 e. The first-order valence-corrected chi connectivity index (χ1v) is 13.2. The fourth-order valence-corrected chi connectivity index (χ4v) is 7.27. The topological polar surface area (TPSA) is 67.8 Å². The molecule has 1 heterocycles. The first-order chi connectivity index (χ1) is 16.9. The van der Waals surface area contributed by atoms with Crippen LogP contribution < -0.4 is 5.32 Å². The van der Waals surface area contributed by atoms with Crippen LogP contribution in [0.5, 0.6) is 0 Å². The molecule has 5 heteroatoms. The predicted octanol–water partition coefficient (Wildman–Crippen LogP) is 4.87. The van der Waals surface area contributed by atoms with Crippen LogP contribution in [-0.2, 0) is 27.2 Å². The van der Waals surface area contributed by atoms with Crippen molar-refractivity contribution in [2.75, 3.05) is 6.61 Å². The zero-order valence-corrected chi connectivity index (χ0v) is 21.0. The van der Waals surface area contributed by atoms with E-state index in [2.05, 4.69) is 43.4 Å². The van der Waals surface area contributed by atoms with Crippen LogP contribution in [0.3, 0.4) is 0 Å². The Balaban J connectivity index is 1.26. The van der Waals surface area contributed by atoms with Gasteiger partial charge in [0.25, 0.3) is 0 Å². The number of hydrogen-bond donors (Lipinski definition) is 2. The lowest BCUT2D eigenvalue weighted by atomic mass is 9.46. The van der Waals surface area contributed by atoms with E-state index in [0.29, 0.717) is 25.5 Å². The van der Waals surface area contributed by atoms with Crippen molar-refractivity contribution in [3.63, 3.8) is 0 Å². The van der Waals surface area contributed by atoms with Gasteiger partial charge in [0.2, 0.25) is 5.91 Å². The summed E-state index contributed by atoms with van der Waals surface area (Å²) in [7, 11) is 0. The van der Waals surface area contributed by atoms with Crippen LogP contribution in [0, 0.1) is 22.7 Å². The summed E-state index contributed by atoms with van der Waals surface area (Å²) in [6.07, 6.45) is 4.18. The number of nitrogens with one attached hydrogen (secondary N) is 1. The molecule has 0 aromatic heterocycles. The van der Waals surface area contributed by atoms with E-state index >= 15 is 0 Å². The Labute approximate surface area is 209 Å². The molecule has 3 aliphatic rings.